The zero-order valence-corrected chi connectivity index (χ0v) is 13.3. The number of carbonyl (C=O) groups excluding carboxylic acids is 1. The van der Waals surface area contributed by atoms with Crippen LogP contribution in [0.1, 0.15) is 35.4 Å². The fourth-order valence-electron chi connectivity index (χ4n) is 3.87. The molecule has 2 atom stereocenters. The lowest BCUT2D eigenvalue weighted by Crippen LogP contribution is -2.51. The van der Waals surface area contributed by atoms with Gasteiger partial charge < -0.3 is 18.8 Å². The number of morpholine rings is 1. The molecule has 0 N–H and O–H groups in total. The topological polar surface area (TPSA) is 51.9 Å². The molecule has 1 saturated carbocycles. The fourth-order valence-corrected chi connectivity index (χ4v) is 3.87. The van der Waals surface area contributed by atoms with Gasteiger partial charge in [0.15, 0.2) is 5.76 Å². The molecule has 0 unspecified atom stereocenters. The van der Waals surface area contributed by atoms with Crippen LogP contribution in [-0.2, 0) is 16.1 Å². The standard InChI is InChI=1S/C18H21NO4/c1-21-11-13-12-5-2-3-7-15(12)23-17(13)18(20)19-9-10-22-16-8-4-6-14(16)19/h2-3,5,7,14,16H,4,6,8-11H2,1H3/t14-,16+/m1/s1. The van der Waals surface area contributed by atoms with E-state index in [0.29, 0.717) is 25.5 Å². The number of methoxy groups -OCH3 is 1. The summed E-state index contributed by atoms with van der Waals surface area (Å²) >= 11 is 0. The van der Waals surface area contributed by atoms with E-state index >= 15 is 0 Å². The molecule has 2 heterocycles. The Kier molecular flexibility index (Phi) is 3.83. The lowest BCUT2D eigenvalue weighted by Gasteiger charge is -2.37. The molecular formula is C18H21NO4. The Balaban J connectivity index is 1.72. The first-order valence-electron chi connectivity index (χ1n) is 8.21. The normalized spacial score (nSPS) is 24.1. The second-order valence-electron chi connectivity index (χ2n) is 6.24. The van der Waals surface area contributed by atoms with E-state index in [2.05, 4.69) is 0 Å². The number of nitrogens with zero attached hydrogens (tertiary/aromatic N) is 1. The van der Waals surface area contributed by atoms with Crippen molar-refractivity contribution in [3.05, 3.63) is 35.6 Å². The predicted molar refractivity (Wildman–Crippen MR) is 85.3 cm³/mol. The molecule has 0 bridgehead atoms. The number of benzene rings is 1. The Bertz CT molecular complexity index is 723. The molecule has 4 rings (SSSR count). The van der Waals surface area contributed by atoms with Crippen LogP contribution in [0.2, 0.25) is 0 Å². The lowest BCUT2D eigenvalue weighted by molar-refractivity contribution is -0.0454. The molecule has 0 radical (unpaired) electrons. The van der Waals surface area contributed by atoms with Crippen LogP contribution < -0.4 is 0 Å². The van der Waals surface area contributed by atoms with Crippen molar-refractivity contribution in [3.63, 3.8) is 0 Å². The van der Waals surface area contributed by atoms with E-state index in [0.717, 1.165) is 35.8 Å². The highest BCUT2D eigenvalue weighted by Gasteiger charge is 2.40. The van der Waals surface area contributed by atoms with E-state index in [4.69, 9.17) is 13.9 Å². The highest BCUT2D eigenvalue weighted by atomic mass is 16.5. The van der Waals surface area contributed by atoms with Crippen molar-refractivity contribution in [2.24, 2.45) is 0 Å². The summed E-state index contributed by atoms with van der Waals surface area (Å²) in [5.41, 5.74) is 1.58. The van der Waals surface area contributed by atoms with E-state index in [9.17, 15) is 4.79 Å². The Hall–Kier alpha value is -1.85. The molecule has 1 amide bonds. The van der Waals surface area contributed by atoms with Gasteiger partial charge in [0, 0.05) is 24.6 Å². The van der Waals surface area contributed by atoms with Gasteiger partial charge in [-0.1, -0.05) is 18.2 Å². The predicted octanol–water partition coefficient (Wildman–Crippen LogP) is 2.97. The van der Waals surface area contributed by atoms with Crippen LogP contribution in [-0.4, -0.2) is 43.2 Å². The fraction of sp³-hybridized carbons (Fsp3) is 0.500. The molecule has 1 aromatic heterocycles. The van der Waals surface area contributed by atoms with Crippen molar-refractivity contribution in [2.75, 3.05) is 20.3 Å². The summed E-state index contributed by atoms with van der Waals surface area (Å²) in [6, 6.07) is 7.91. The van der Waals surface area contributed by atoms with Gasteiger partial charge >= 0.3 is 0 Å². The van der Waals surface area contributed by atoms with Gasteiger partial charge in [-0.15, -0.1) is 0 Å². The maximum atomic E-state index is 13.1. The van der Waals surface area contributed by atoms with Crippen LogP contribution in [0.15, 0.2) is 28.7 Å². The summed E-state index contributed by atoms with van der Waals surface area (Å²) in [4.78, 5) is 15.1. The summed E-state index contributed by atoms with van der Waals surface area (Å²) in [5, 5.41) is 0.953. The van der Waals surface area contributed by atoms with E-state index in [1.165, 1.54) is 0 Å². The minimum Gasteiger partial charge on any atom is -0.451 e. The quantitative estimate of drug-likeness (QED) is 0.874. The van der Waals surface area contributed by atoms with Crippen molar-refractivity contribution in [3.8, 4) is 0 Å². The minimum absolute atomic E-state index is 0.0338. The van der Waals surface area contributed by atoms with Gasteiger partial charge in [0.1, 0.15) is 5.58 Å². The van der Waals surface area contributed by atoms with Gasteiger partial charge in [-0.3, -0.25) is 4.79 Å². The van der Waals surface area contributed by atoms with Gasteiger partial charge in [-0.2, -0.15) is 0 Å². The van der Waals surface area contributed by atoms with Crippen molar-refractivity contribution >= 4 is 16.9 Å². The average molecular weight is 315 g/mol. The van der Waals surface area contributed by atoms with Crippen LogP contribution >= 0.6 is 0 Å². The lowest BCUT2D eigenvalue weighted by atomic mass is 10.1. The number of hydrogen-bond donors (Lipinski definition) is 0. The average Bonchev–Trinajstić information content (AvgIpc) is 3.19. The second kappa shape index (κ2) is 5.98. The van der Waals surface area contributed by atoms with Gasteiger partial charge in [0.2, 0.25) is 0 Å². The number of ether oxygens (including phenoxy) is 2. The molecular weight excluding hydrogens is 294 g/mol. The molecule has 1 aromatic carbocycles. The summed E-state index contributed by atoms with van der Waals surface area (Å²) < 4.78 is 17.0. The number of para-hydroxylation sites is 1. The molecule has 5 heteroatoms. The summed E-state index contributed by atoms with van der Waals surface area (Å²) in [7, 11) is 1.64. The van der Waals surface area contributed by atoms with Gasteiger partial charge in [-0.05, 0) is 25.3 Å². The largest absolute Gasteiger partial charge is 0.451 e. The molecule has 2 aliphatic rings. The first-order chi connectivity index (χ1) is 11.3. The molecule has 23 heavy (non-hydrogen) atoms. The van der Waals surface area contributed by atoms with Gasteiger partial charge in [0.05, 0.1) is 25.4 Å². The first-order valence-corrected chi connectivity index (χ1v) is 8.21. The molecule has 2 fully saturated rings. The second-order valence-corrected chi connectivity index (χ2v) is 6.24. The van der Waals surface area contributed by atoms with E-state index < -0.39 is 0 Å². The zero-order chi connectivity index (χ0) is 15.8. The highest BCUT2D eigenvalue weighted by molar-refractivity contribution is 5.99. The van der Waals surface area contributed by atoms with E-state index in [-0.39, 0.29) is 18.1 Å². The Morgan fingerprint density at radius 2 is 2.22 bits per heavy atom. The van der Waals surface area contributed by atoms with Crippen LogP contribution in [0.25, 0.3) is 11.0 Å². The summed E-state index contributed by atoms with van der Waals surface area (Å²) in [5.74, 6) is 0.383. The Morgan fingerprint density at radius 1 is 1.35 bits per heavy atom. The summed E-state index contributed by atoms with van der Waals surface area (Å²) in [6.45, 7) is 1.60. The van der Waals surface area contributed by atoms with Crippen LogP contribution in [0.5, 0.6) is 0 Å². The monoisotopic (exact) mass is 315 g/mol. The zero-order valence-electron chi connectivity index (χ0n) is 13.3. The van der Waals surface area contributed by atoms with E-state index in [1.54, 1.807) is 7.11 Å². The SMILES string of the molecule is COCc1c(C(=O)N2CCO[C@H]3CCC[C@H]32)oc2ccccc12. The van der Waals surface area contributed by atoms with Crippen LogP contribution in [0, 0.1) is 0 Å². The molecule has 1 saturated heterocycles. The van der Waals surface area contributed by atoms with Crippen molar-refractivity contribution in [1.29, 1.82) is 0 Å². The molecule has 2 aromatic rings. The minimum atomic E-state index is -0.0338. The molecule has 5 nitrogen and oxygen atoms in total. The molecule has 122 valence electrons. The number of fused-ring (bicyclic) bond motifs is 2. The summed E-state index contributed by atoms with van der Waals surface area (Å²) in [6.07, 6.45) is 3.35. The van der Waals surface area contributed by atoms with Crippen molar-refractivity contribution in [1.82, 2.24) is 4.90 Å². The van der Waals surface area contributed by atoms with Crippen molar-refractivity contribution in [2.45, 2.75) is 38.0 Å². The Morgan fingerprint density at radius 3 is 3.09 bits per heavy atom. The van der Waals surface area contributed by atoms with E-state index in [1.807, 2.05) is 29.2 Å². The molecule has 0 spiro atoms. The molecule has 1 aliphatic carbocycles. The highest BCUT2D eigenvalue weighted by Crippen LogP contribution is 2.33. The number of hydrogen-bond acceptors (Lipinski definition) is 4. The molecule has 1 aliphatic heterocycles. The van der Waals surface area contributed by atoms with Gasteiger partial charge in [0.25, 0.3) is 5.91 Å². The maximum absolute atomic E-state index is 13.1. The number of furan rings is 1. The van der Waals surface area contributed by atoms with Crippen molar-refractivity contribution < 1.29 is 18.7 Å². The Labute approximate surface area is 135 Å². The third-order valence-corrected chi connectivity index (χ3v) is 4.92. The maximum Gasteiger partial charge on any atom is 0.290 e. The smallest absolute Gasteiger partial charge is 0.290 e. The van der Waals surface area contributed by atoms with Gasteiger partial charge in [-0.25, -0.2) is 0 Å². The third-order valence-electron chi connectivity index (χ3n) is 4.92. The first kappa shape index (κ1) is 14.7. The van der Waals surface area contributed by atoms with Crippen LogP contribution in [0.3, 0.4) is 0 Å². The number of carbonyl (C=O) groups is 1. The third kappa shape index (κ3) is 2.44. The number of amides is 1. The number of rotatable bonds is 3. The van der Waals surface area contributed by atoms with Crippen LogP contribution in [0.4, 0.5) is 0 Å².